The minimum absolute atomic E-state index is 0.0232. The van der Waals surface area contributed by atoms with E-state index >= 15 is 0 Å². The number of nitrogens with one attached hydrogen (secondary N) is 1. The van der Waals surface area contributed by atoms with Crippen molar-refractivity contribution in [1.29, 1.82) is 0 Å². The van der Waals surface area contributed by atoms with Crippen LogP contribution < -0.4 is 5.32 Å². The lowest BCUT2D eigenvalue weighted by Crippen LogP contribution is -2.21. The fourth-order valence-electron chi connectivity index (χ4n) is 4.78. The highest BCUT2D eigenvalue weighted by Crippen LogP contribution is 2.50. The maximum Gasteiger partial charge on any atom is 0.355 e. The first-order valence-corrected chi connectivity index (χ1v) is 10.2. The number of ether oxygens (including phenoxy) is 1. The molecule has 1 unspecified atom stereocenters. The Balaban J connectivity index is 1.61. The number of halogens is 1. The van der Waals surface area contributed by atoms with Crippen molar-refractivity contribution in [2.24, 2.45) is 0 Å². The summed E-state index contributed by atoms with van der Waals surface area (Å²) in [6, 6.07) is 21.3. The smallest absolute Gasteiger partial charge is 0.355 e. The quantitative estimate of drug-likeness (QED) is 0.412. The molecule has 1 aliphatic carbocycles. The van der Waals surface area contributed by atoms with E-state index in [-0.39, 0.29) is 11.9 Å². The summed E-state index contributed by atoms with van der Waals surface area (Å²) in [5.74, 6) is -0.235. The summed E-state index contributed by atoms with van der Waals surface area (Å²) < 4.78 is 6.45. The third-order valence-corrected chi connectivity index (χ3v) is 6.54. The fourth-order valence-corrected chi connectivity index (χ4v) is 5.05. The van der Waals surface area contributed by atoms with Gasteiger partial charge in [0.25, 0.3) is 0 Å². The van der Waals surface area contributed by atoms with Crippen molar-refractivity contribution < 1.29 is 9.53 Å². The van der Waals surface area contributed by atoms with Crippen molar-refractivity contribution in [3.8, 4) is 11.1 Å². The van der Waals surface area contributed by atoms with E-state index in [1.165, 1.54) is 33.4 Å². The van der Waals surface area contributed by atoms with Crippen LogP contribution in [-0.2, 0) is 16.0 Å². The standard InChI is InChI=1S/C24H16BrNO2/c25-15-7-5-13(6-8-15)21-19-12-28-24(27)23(19)26-20-10-9-17-16-4-2-1-3-14(16)11-18(17)22(20)21/h1-10,21,26H,11-12H2. The van der Waals surface area contributed by atoms with Gasteiger partial charge in [0.05, 0.1) is 0 Å². The fraction of sp³-hybridized carbons (Fsp3) is 0.125. The van der Waals surface area contributed by atoms with E-state index in [1.54, 1.807) is 0 Å². The molecule has 6 rings (SSSR count). The zero-order valence-corrected chi connectivity index (χ0v) is 16.5. The largest absolute Gasteiger partial charge is 0.456 e. The first-order valence-electron chi connectivity index (χ1n) is 9.37. The molecule has 4 heteroatoms. The molecule has 0 aromatic heterocycles. The Labute approximate surface area is 171 Å². The van der Waals surface area contributed by atoms with Crippen LogP contribution in [0.5, 0.6) is 0 Å². The van der Waals surface area contributed by atoms with Gasteiger partial charge in [0.15, 0.2) is 0 Å². The molecule has 136 valence electrons. The number of carbonyl (C=O) groups excluding carboxylic acids is 1. The second-order valence-electron chi connectivity index (χ2n) is 7.47. The van der Waals surface area contributed by atoms with E-state index in [0.717, 1.165) is 22.2 Å². The predicted molar refractivity (Wildman–Crippen MR) is 112 cm³/mol. The highest BCUT2D eigenvalue weighted by Gasteiger charge is 2.39. The van der Waals surface area contributed by atoms with Crippen LogP contribution in [0.2, 0.25) is 0 Å². The SMILES string of the molecule is O=C1OCC2=C1Nc1ccc3c(c1C2c1ccc(Br)cc1)Cc1ccccc1-3. The summed E-state index contributed by atoms with van der Waals surface area (Å²) in [6.07, 6.45) is 0.917. The van der Waals surface area contributed by atoms with Gasteiger partial charge in [-0.2, -0.15) is 0 Å². The summed E-state index contributed by atoms with van der Waals surface area (Å²) in [7, 11) is 0. The first-order chi connectivity index (χ1) is 13.7. The lowest BCUT2D eigenvalue weighted by molar-refractivity contribution is -0.135. The number of hydrogen-bond acceptors (Lipinski definition) is 3. The Morgan fingerprint density at radius 2 is 1.79 bits per heavy atom. The van der Waals surface area contributed by atoms with Crippen LogP contribution in [0, 0.1) is 0 Å². The Morgan fingerprint density at radius 1 is 0.964 bits per heavy atom. The van der Waals surface area contributed by atoms with Gasteiger partial charge >= 0.3 is 5.97 Å². The molecule has 28 heavy (non-hydrogen) atoms. The van der Waals surface area contributed by atoms with Crippen LogP contribution in [0.4, 0.5) is 5.69 Å². The highest BCUT2D eigenvalue weighted by molar-refractivity contribution is 9.10. The summed E-state index contributed by atoms with van der Waals surface area (Å²) >= 11 is 3.53. The predicted octanol–water partition coefficient (Wildman–Crippen LogP) is 5.39. The van der Waals surface area contributed by atoms with Gasteiger partial charge < -0.3 is 10.1 Å². The summed E-state index contributed by atoms with van der Waals surface area (Å²) in [6.45, 7) is 0.345. The number of carbonyl (C=O) groups is 1. The van der Waals surface area contributed by atoms with Crippen molar-refractivity contribution in [3.63, 3.8) is 0 Å². The summed E-state index contributed by atoms with van der Waals surface area (Å²) in [4.78, 5) is 12.3. The molecule has 0 amide bonds. The number of esters is 1. The second kappa shape index (κ2) is 5.82. The maximum absolute atomic E-state index is 12.3. The second-order valence-corrected chi connectivity index (χ2v) is 8.39. The molecule has 0 bridgehead atoms. The molecule has 3 aromatic rings. The van der Waals surface area contributed by atoms with Crippen molar-refractivity contribution >= 4 is 27.6 Å². The zero-order chi connectivity index (χ0) is 18.8. The van der Waals surface area contributed by atoms with Gasteiger partial charge in [-0.05, 0) is 58.0 Å². The van der Waals surface area contributed by atoms with Gasteiger partial charge in [-0.3, -0.25) is 0 Å². The number of cyclic esters (lactones) is 1. The molecule has 2 aliphatic heterocycles. The van der Waals surface area contributed by atoms with Gasteiger partial charge in [-0.15, -0.1) is 0 Å². The van der Waals surface area contributed by atoms with E-state index in [0.29, 0.717) is 12.3 Å². The Hall–Kier alpha value is -2.85. The number of fused-ring (bicyclic) bond motifs is 5. The molecule has 0 saturated heterocycles. The molecule has 0 fully saturated rings. The molecule has 0 saturated carbocycles. The molecule has 3 nitrogen and oxygen atoms in total. The molecular formula is C24H16BrNO2. The minimum atomic E-state index is -0.258. The van der Waals surface area contributed by atoms with Gasteiger partial charge in [0.1, 0.15) is 12.3 Å². The zero-order valence-electron chi connectivity index (χ0n) is 15.0. The molecular weight excluding hydrogens is 414 g/mol. The lowest BCUT2D eigenvalue weighted by Gasteiger charge is -2.30. The van der Waals surface area contributed by atoms with E-state index in [1.807, 2.05) is 0 Å². The van der Waals surface area contributed by atoms with Crippen molar-refractivity contribution in [3.05, 3.63) is 98.7 Å². The van der Waals surface area contributed by atoms with Crippen LogP contribution in [0.25, 0.3) is 11.1 Å². The molecule has 2 heterocycles. The van der Waals surface area contributed by atoms with Crippen LogP contribution >= 0.6 is 15.9 Å². The maximum atomic E-state index is 12.3. The third-order valence-electron chi connectivity index (χ3n) is 6.02. The Bertz CT molecular complexity index is 1190. The third kappa shape index (κ3) is 2.18. The summed E-state index contributed by atoms with van der Waals surface area (Å²) in [5.41, 5.74) is 10.4. The number of anilines is 1. The highest BCUT2D eigenvalue weighted by atomic mass is 79.9. The molecule has 3 aliphatic rings. The van der Waals surface area contributed by atoms with E-state index in [4.69, 9.17) is 4.74 Å². The average molecular weight is 430 g/mol. The number of benzene rings is 3. The van der Waals surface area contributed by atoms with E-state index in [9.17, 15) is 4.79 Å². The molecule has 0 radical (unpaired) electrons. The molecule has 1 N–H and O–H groups in total. The van der Waals surface area contributed by atoms with Crippen molar-refractivity contribution in [2.75, 3.05) is 11.9 Å². The van der Waals surface area contributed by atoms with Crippen LogP contribution in [0.1, 0.15) is 28.2 Å². The Kier molecular flexibility index (Phi) is 3.36. The number of hydrogen-bond donors (Lipinski definition) is 1. The Morgan fingerprint density at radius 3 is 2.64 bits per heavy atom. The monoisotopic (exact) mass is 429 g/mol. The van der Waals surface area contributed by atoms with E-state index in [2.05, 4.69) is 81.9 Å². The van der Waals surface area contributed by atoms with E-state index < -0.39 is 0 Å². The lowest BCUT2D eigenvalue weighted by atomic mass is 9.78. The van der Waals surface area contributed by atoms with Crippen molar-refractivity contribution in [2.45, 2.75) is 12.3 Å². The molecule has 0 spiro atoms. The van der Waals surface area contributed by atoms with Crippen LogP contribution in [0.3, 0.4) is 0 Å². The van der Waals surface area contributed by atoms with Crippen molar-refractivity contribution in [1.82, 2.24) is 0 Å². The average Bonchev–Trinajstić information content (AvgIpc) is 3.28. The van der Waals surface area contributed by atoms with Gasteiger partial charge in [-0.25, -0.2) is 4.79 Å². The van der Waals surface area contributed by atoms with Gasteiger partial charge in [0, 0.05) is 21.7 Å². The van der Waals surface area contributed by atoms with Gasteiger partial charge in [-0.1, -0.05) is 58.4 Å². The summed E-state index contributed by atoms with van der Waals surface area (Å²) in [5, 5.41) is 3.37. The number of rotatable bonds is 1. The van der Waals surface area contributed by atoms with Crippen LogP contribution in [-0.4, -0.2) is 12.6 Å². The minimum Gasteiger partial charge on any atom is -0.456 e. The first kappa shape index (κ1) is 16.1. The normalized spacial score (nSPS) is 18.8. The molecule has 1 atom stereocenters. The van der Waals surface area contributed by atoms with Gasteiger partial charge in [0.2, 0.25) is 0 Å². The van der Waals surface area contributed by atoms with Crippen LogP contribution in [0.15, 0.2) is 76.4 Å². The topological polar surface area (TPSA) is 38.3 Å². The molecule has 3 aromatic carbocycles.